The maximum Gasteiger partial charge on any atom is 0.131 e. The van der Waals surface area contributed by atoms with Gasteiger partial charge in [0.05, 0.1) is 5.38 Å². The molecular formula is C12H17ClN2. The van der Waals surface area contributed by atoms with Gasteiger partial charge in [-0.05, 0) is 26.7 Å². The molecule has 0 N–H and O–H groups in total. The zero-order valence-electron chi connectivity index (χ0n) is 9.33. The molecule has 15 heavy (non-hydrogen) atoms. The fraction of sp³-hybridized carbons (Fsp3) is 0.667. The second-order valence-corrected chi connectivity index (χ2v) is 5.02. The zero-order chi connectivity index (χ0) is 10.8. The van der Waals surface area contributed by atoms with Crippen LogP contribution in [0.2, 0.25) is 0 Å². The van der Waals surface area contributed by atoms with Crippen molar-refractivity contribution in [3.05, 3.63) is 23.3 Å². The molecular weight excluding hydrogens is 208 g/mol. The molecule has 1 aromatic heterocycles. The van der Waals surface area contributed by atoms with E-state index in [0.29, 0.717) is 5.92 Å². The predicted octanol–water partition coefficient (Wildman–Crippen LogP) is 3.74. The Morgan fingerprint density at radius 1 is 1.40 bits per heavy atom. The summed E-state index contributed by atoms with van der Waals surface area (Å²) in [4.78, 5) is 9.03. The number of halogens is 1. The van der Waals surface area contributed by atoms with Crippen LogP contribution in [0.1, 0.15) is 61.0 Å². The zero-order valence-corrected chi connectivity index (χ0v) is 10.1. The first-order valence-corrected chi connectivity index (χ1v) is 6.09. The van der Waals surface area contributed by atoms with Crippen LogP contribution in [0.25, 0.3) is 0 Å². The van der Waals surface area contributed by atoms with Gasteiger partial charge < -0.3 is 0 Å². The molecule has 1 atom stereocenters. The van der Waals surface area contributed by atoms with E-state index in [4.69, 9.17) is 11.6 Å². The topological polar surface area (TPSA) is 25.8 Å². The van der Waals surface area contributed by atoms with Crippen LogP contribution in [-0.2, 0) is 0 Å². The first-order valence-electron chi connectivity index (χ1n) is 5.66. The van der Waals surface area contributed by atoms with Crippen molar-refractivity contribution in [3.63, 3.8) is 0 Å². The van der Waals surface area contributed by atoms with E-state index in [-0.39, 0.29) is 5.38 Å². The Labute approximate surface area is 96.1 Å². The van der Waals surface area contributed by atoms with E-state index in [9.17, 15) is 0 Å². The molecule has 1 saturated carbocycles. The van der Waals surface area contributed by atoms with Crippen LogP contribution in [0, 0.1) is 6.92 Å². The highest BCUT2D eigenvalue weighted by atomic mass is 35.5. The lowest BCUT2D eigenvalue weighted by Gasteiger charge is -2.11. The number of nitrogens with zero attached hydrogens (tertiary/aromatic N) is 2. The fourth-order valence-corrected chi connectivity index (χ4v) is 2.48. The Morgan fingerprint density at radius 2 is 2.07 bits per heavy atom. The Bertz CT molecular complexity index is 343. The SMILES string of the molecule is Cc1nc(C2CCCC2)ncc1C(C)Cl. The number of hydrogen-bond acceptors (Lipinski definition) is 2. The van der Waals surface area contributed by atoms with Gasteiger partial charge in [-0.1, -0.05) is 12.8 Å². The molecule has 0 amide bonds. The third-order valence-electron chi connectivity index (χ3n) is 3.18. The van der Waals surface area contributed by atoms with Gasteiger partial charge in [-0.25, -0.2) is 9.97 Å². The van der Waals surface area contributed by atoms with Crippen molar-refractivity contribution >= 4 is 11.6 Å². The molecule has 0 bridgehead atoms. The molecule has 0 aliphatic heterocycles. The molecule has 1 aromatic rings. The van der Waals surface area contributed by atoms with Gasteiger partial charge in [0.15, 0.2) is 0 Å². The molecule has 1 heterocycles. The van der Waals surface area contributed by atoms with Crippen LogP contribution in [0.15, 0.2) is 6.20 Å². The molecule has 1 unspecified atom stereocenters. The van der Waals surface area contributed by atoms with E-state index in [2.05, 4.69) is 9.97 Å². The number of alkyl halides is 1. The van der Waals surface area contributed by atoms with E-state index in [1.54, 1.807) is 0 Å². The van der Waals surface area contributed by atoms with Gasteiger partial charge in [-0.2, -0.15) is 0 Å². The quantitative estimate of drug-likeness (QED) is 0.716. The maximum atomic E-state index is 6.04. The van der Waals surface area contributed by atoms with Gasteiger partial charge in [0, 0.05) is 23.4 Å². The number of hydrogen-bond donors (Lipinski definition) is 0. The highest BCUT2D eigenvalue weighted by Crippen LogP contribution is 2.32. The number of rotatable bonds is 2. The Morgan fingerprint density at radius 3 is 2.60 bits per heavy atom. The van der Waals surface area contributed by atoms with Gasteiger partial charge in [0.1, 0.15) is 5.82 Å². The second-order valence-electron chi connectivity index (χ2n) is 4.37. The normalized spacial score (nSPS) is 19.4. The molecule has 3 heteroatoms. The van der Waals surface area contributed by atoms with Crippen molar-refractivity contribution < 1.29 is 0 Å². The fourth-order valence-electron chi connectivity index (χ4n) is 2.27. The van der Waals surface area contributed by atoms with E-state index in [0.717, 1.165) is 17.1 Å². The van der Waals surface area contributed by atoms with Crippen molar-refractivity contribution in [1.29, 1.82) is 0 Å². The van der Waals surface area contributed by atoms with Crippen LogP contribution in [0.4, 0.5) is 0 Å². The summed E-state index contributed by atoms with van der Waals surface area (Å²) in [5, 5.41) is 0.00243. The summed E-state index contributed by atoms with van der Waals surface area (Å²) in [7, 11) is 0. The van der Waals surface area contributed by atoms with Crippen molar-refractivity contribution in [1.82, 2.24) is 9.97 Å². The van der Waals surface area contributed by atoms with Crippen molar-refractivity contribution in [2.75, 3.05) is 0 Å². The lowest BCUT2D eigenvalue weighted by Crippen LogP contribution is -2.04. The molecule has 1 aliphatic rings. The second kappa shape index (κ2) is 4.48. The molecule has 2 rings (SSSR count). The smallest absolute Gasteiger partial charge is 0.131 e. The van der Waals surface area contributed by atoms with Gasteiger partial charge in [-0.15, -0.1) is 11.6 Å². The summed E-state index contributed by atoms with van der Waals surface area (Å²) in [6.07, 6.45) is 7.03. The molecule has 2 nitrogen and oxygen atoms in total. The van der Waals surface area contributed by atoms with E-state index < -0.39 is 0 Å². The first kappa shape index (κ1) is 10.9. The molecule has 82 valence electrons. The number of aromatic nitrogens is 2. The highest BCUT2D eigenvalue weighted by molar-refractivity contribution is 6.20. The molecule has 0 aromatic carbocycles. The summed E-state index contributed by atoms with van der Waals surface area (Å²) in [5.41, 5.74) is 2.09. The van der Waals surface area contributed by atoms with Crippen LogP contribution in [0.5, 0.6) is 0 Å². The standard InChI is InChI=1S/C12H17ClN2/c1-8(13)11-7-14-12(15-9(11)2)10-5-3-4-6-10/h7-8,10H,3-6H2,1-2H3. The summed E-state index contributed by atoms with van der Waals surface area (Å²) < 4.78 is 0. The summed E-state index contributed by atoms with van der Waals surface area (Å²) >= 11 is 6.04. The van der Waals surface area contributed by atoms with Crippen molar-refractivity contribution in [2.45, 2.75) is 50.8 Å². The van der Waals surface area contributed by atoms with Crippen LogP contribution in [-0.4, -0.2) is 9.97 Å². The lowest BCUT2D eigenvalue weighted by molar-refractivity contribution is 0.660. The summed E-state index contributed by atoms with van der Waals surface area (Å²) in [5.74, 6) is 1.61. The Kier molecular flexibility index (Phi) is 3.25. The van der Waals surface area contributed by atoms with Crippen LogP contribution < -0.4 is 0 Å². The van der Waals surface area contributed by atoms with Crippen LogP contribution >= 0.6 is 11.6 Å². The van der Waals surface area contributed by atoms with Gasteiger partial charge in [0.25, 0.3) is 0 Å². The molecule has 0 saturated heterocycles. The lowest BCUT2D eigenvalue weighted by atomic mass is 10.1. The molecule has 1 aliphatic carbocycles. The van der Waals surface area contributed by atoms with E-state index in [1.807, 2.05) is 20.0 Å². The van der Waals surface area contributed by atoms with E-state index in [1.165, 1.54) is 25.7 Å². The molecule has 0 radical (unpaired) electrons. The minimum atomic E-state index is 0.00243. The first-order chi connectivity index (χ1) is 7.18. The highest BCUT2D eigenvalue weighted by Gasteiger charge is 2.20. The predicted molar refractivity (Wildman–Crippen MR) is 62.2 cm³/mol. The van der Waals surface area contributed by atoms with Gasteiger partial charge in [-0.3, -0.25) is 0 Å². The molecule has 1 fully saturated rings. The van der Waals surface area contributed by atoms with Gasteiger partial charge >= 0.3 is 0 Å². The van der Waals surface area contributed by atoms with Gasteiger partial charge in [0.2, 0.25) is 0 Å². The maximum absolute atomic E-state index is 6.04. The number of aryl methyl sites for hydroxylation is 1. The Hall–Kier alpha value is -0.630. The monoisotopic (exact) mass is 224 g/mol. The summed E-state index contributed by atoms with van der Waals surface area (Å²) in [6, 6.07) is 0. The summed E-state index contributed by atoms with van der Waals surface area (Å²) in [6.45, 7) is 3.98. The minimum absolute atomic E-state index is 0.00243. The van der Waals surface area contributed by atoms with Crippen molar-refractivity contribution in [2.24, 2.45) is 0 Å². The average Bonchev–Trinajstić information content (AvgIpc) is 2.69. The van der Waals surface area contributed by atoms with E-state index >= 15 is 0 Å². The van der Waals surface area contributed by atoms with Crippen molar-refractivity contribution in [3.8, 4) is 0 Å². The van der Waals surface area contributed by atoms with Crippen LogP contribution in [0.3, 0.4) is 0 Å². The third kappa shape index (κ3) is 2.31. The average molecular weight is 225 g/mol. The largest absolute Gasteiger partial charge is 0.241 e. The third-order valence-corrected chi connectivity index (χ3v) is 3.42. The molecule has 0 spiro atoms. The minimum Gasteiger partial charge on any atom is -0.241 e. The Balaban J connectivity index is 2.24.